The molecule has 0 atom stereocenters. The van der Waals surface area contributed by atoms with Crippen molar-refractivity contribution in [2.24, 2.45) is 7.05 Å². The van der Waals surface area contributed by atoms with Crippen molar-refractivity contribution in [3.05, 3.63) is 23.0 Å². The number of amides is 1. The van der Waals surface area contributed by atoms with Gasteiger partial charge in [0.15, 0.2) is 5.65 Å². The standard InChI is InChI=1S/C17H24N4O3/c1-11-10-13(15-12(2)20-21(3)16(15)19-11)17(23)18-9-7-5-6-8-14(22)24-4/h10H,5-9H2,1-4H3,(H,18,23). The highest BCUT2D eigenvalue weighted by molar-refractivity contribution is 6.06. The van der Waals surface area contributed by atoms with Gasteiger partial charge in [-0.15, -0.1) is 0 Å². The molecule has 0 aromatic carbocycles. The van der Waals surface area contributed by atoms with Gasteiger partial charge in [-0.1, -0.05) is 6.42 Å². The highest BCUT2D eigenvalue weighted by Gasteiger charge is 2.17. The lowest BCUT2D eigenvalue weighted by Gasteiger charge is -2.08. The maximum Gasteiger partial charge on any atom is 0.305 e. The molecule has 0 saturated carbocycles. The van der Waals surface area contributed by atoms with E-state index in [0.29, 0.717) is 18.5 Å². The number of rotatable bonds is 7. The van der Waals surface area contributed by atoms with Crippen molar-refractivity contribution in [3.63, 3.8) is 0 Å². The molecule has 0 saturated heterocycles. The first-order valence-electron chi connectivity index (χ1n) is 8.10. The summed E-state index contributed by atoms with van der Waals surface area (Å²) in [5.74, 6) is -0.310. The molecule has 0 spiro atoms. The molecule has 7 nitrogen and oxygen atoms in total. The first kappa shape index (κ1) is 17.9. The van der Waals surface area contributed by atoms with E-state index in [0.717, 1.165) is 41.7 Å². The summed E-state index contributed by atoms with van der Waals surface area (Å²) in [6, 6.07) is 1.80. The summed E-state index contributed by atoms with van der Waals surface area (Å²) in [5, 5.41) is 8.08. The van der Waals surface area contributed by atoms with E-state index in [1.54, 1.807) is 10.7 Å². The Hall–Kier alpha value is -2.44. The van der Waals surface area contributed by atoms with Crippen LogP contribution in [0, 0.1) is 13.8 Å². The van der Waals surface area contributed by atoms with Crippen LogP contribution in [-0.4, -0.2) is 40.3 Å². The number of esters is 1. The van der Waals surface area contributed by atoms with E-state index in [1.165, 1.54) is 7.11 Å². The van der Waals surface area contributed by atoms with Crippen LogP contribution in [0.15, 0.2) is 6.07 Å². The van der Waals surface area contributed by atoms with E-state index >= 15 is 0 Å². The lowest BCUT2D eigenvalue weighted by Crippen LogP contribution is -2.25. The van der Waals surface area contributed by atoms with Gasteiger partial charge < -0.3 is 10.1 Å². The van der Waals surface area contributed by atoms with E-state index in [9.17, 15) is 9.59 Å². The zero-order chi connectivity index (χ0) is 17.7. The van der Waals surface area contributed by atoms with Gasteiger partial charge in [0, 0.05) is 25.7 Å². The molecule has 7 heteroatoms. The number of fused-ring (bicyclic) bond motifs is 1. The number of carbonyl (C=O) groups is 2. The van der Waals surface area contributed by atoms with Gasteiger partial charge in [-0.05, 0) is 32.8 Å². The number of hydrogen-bond donors (Lipinski definition) is 1. The molecule has 0 aliphatic rings. The lowest BCUT2D eigenvalue weighted by atomic mass is 10.1. The molecule has 2 rings (SSSR count). The first-order valence-corrected chi connectivity index (χ1v) is 8.10. The van der Waals surface area contributed by atoms with Crippen molar-refractivity contribution in [2.75, 3.05) is 13.7 Å². The Morgan fingerprint density at radius 3 is 2.71 bits per heavy atom. The fourth-order valence-electron chi connectivity index (χ4n) is 2.72. The Labute approximate surface area is 141 Å². The fraction of sp³-hybridized carbons (Fsp3) is 0.529. The maximum absolute atomic E-state index is 12.5. The van der Waals surface area contributed by atoms with Crippen molar-refractivity contribution in [1.82, 2.24) is 20.1 Å². The Bertz CT molecular complexity index is 752. The second kappa shape index (κ2) is 7.90. The molecule has 130 valence electrons. The average Bonchev–Trinajstić information content (AvgIpc) is 2.83. The van der Waals surface area contributed by atoms with Gasteiger partial charge >= 0.3 is 5.97 Å². The van der Waals surface area contributed by atoms with Crippen LogP contribution < -0.4 is 5.32 Å². The SMILES string of the molecule is COC(=O)CCCCCNC(=O)c1cc(C)nc2c1c(C)nn2C. The van der Waals surface area contributed by atoms with E-state index in [4.69, 9.17) is 0 Å². The number of nitrogens with zero attached hydrogens (tertiary/aromatic N) is 3. The summed E-state index contributed by atoms with van der Waals surface area (Å²) in [7, 11) is 3.21. The number of hydrogen-bond acceptors (Lipinski definition) is 5. The average molecular weight is 332 g/mol. The number of methoxy groups -OCH3 is 1. The van der Waals surface area contributed by atoms with Gasteiger partial charge in [-0.3, -0.25) is 14.3 Å². The number of nitrogens with one attached hydrogen (secondary N) is 1. The molecule has 2 aromatic heterocycles. The van der Waals surface area contributed by atoms with Gasteiger partial charge in [0.25, 0.3) is 5.91 Å². The minimum Gasteiger partial charge on any atom is -0.469 e. The van der Waals surface area contributed by atoms with Crippen LogP contribution in [0.1, 0.15) is 47.4 Å². The zero-order valence-corrected chi connectivity index (χ0v) is 14.7. The molecule has 1 amide bonds. The Kier molecular flexibility index (Phi) is 5.89. The van der Waals surface area contributed by atoms with Crippen LogP contribution in [-0.2, 0) is 16.6 Å². The van der Waals surface area contributed by atoms with Crippen LogP contribution in [0.5, 0.6) is 0 Å². The molecule has 2 heterocycles. The molecular formula is C17H24N4O3. The highest BCUT2D eigenvalue weighted by atomic mass is 16.5. The van der Waals surface area contributed by atoms with E-state index in [2.05, 4.69) is 20.1 Å². The summed E-state index contributed by atoms with van der Waals surface area (Å²) < 4.78 is 6.29. The van der Waals surface area contributed by atoms with Crippen molar-refractivity contribution in [3.8, 4) is 0 Å². The van der Waals surface area contributed by atoms with Crippen molar-refractivity contribution in [2.45, 2.75) is 39.5 Å². The lowest BCUT2D eigenvalue weighted by molar-refractivity contribution is -0.140. The number of carbonyl (C=O) groups excluding carboxylic acids is 2. The second-order valence-corrected chi connectivity index (χ2v) is 5.86. The van der Waals surface area contributed by atoms with Crippen LogP contribution in [0.3, 0.4) is 0 Å². The van der Waals surface area contributed by atoms with Gasteiger partial charge in [0.05, 0.1) is 23.8 Å². The van der Waals surface area contributed by atoms with Crippen LogP contribution in [0.25, 0.3) is 11.0 Å². The predicted molar refractivity (Wildman–Crippen MR) is 90.8 cm³/mol. The number of aryl methyl sites for hydroxylation is 3. The van der Waals surface area contributed by atoms with Gasteiger partial charge in [-0.25, -0.2) is 4.98 Å². The van der Waals surface area contributed by atoms with Gasteiger partial charge in [0.2, 0.25) is 0 Å². The van der Waals surface area contributed by atoms with Crippen molar-refractivity contribution in [1.29, 1.82) is 0 Å². The molecule has 0 radical (unpaired) electrons. The normalized spacial score (nSPS) is 10.8. The van der Waals surface area contributed by atoms with E-state index < -0.39 is 0 Å². The minimum atomic E-state index is -0.194. The van der Waals surface area contributed by atoms with E-state index in [1.807, 2.05) is 20.9 Å². The van der Waals surface area contributed by atoms with Crippen molar-refractivity contribution >= 4 is 22.9 Å². The molecule has 0 aliphatic carbocycles. The smallest absolute Gasteiger partial charge is 0.305 e. The summed E-state index contributed by atoms with van der Waals surface area (Å²) in [5.41, 5.74) is 2.91. The van der Waals surface area contributed by atoms with Crippen LogP contribution >= 0.6 is 0 Å². The molecule has 1 N–H and O–H groups in total. The van der Waals surface area contributed by atoms with Crippen LogP contribution in [0.2, 0.25) is 0 Å². The minimum absolute atomic E-state index is 0.116. The summed E-state index contributed by atoms with van der Waals surface area (Å²) in [4.78, 5) is 28.0. The number of ether oxygens (including phenoxy) is 1. The van der Waals surface area contributed by atoms with E-state index in [-0.39, 0.29) is 11.9 Å². The Morgan fingerprint density at radius 1 is 1.25 bits per heavy atom. The third-order valence-electron chi connectivity index (χ3n) is 3.91. The summed E-state index contributed by atoms with van der Waals surface area (Å²) in [6.45, 7) is 4.32. The summed E-state index contributed by atoms with van der Waals surface area (Å²) in [6.07, 6.45) is 2.88. The number of aromatic nitrogens is 3. The quantitative estimate of drug-likeness (QED) is 0.619. The number of unbranched alkanes of at least 4 members (excludes halogenated alkanes) is 2. The Morgan fingerprint density at radius 2 is 2.00 bits per heavy atom. The van der Waals surface area contributed by atoms with Gasteiger partial charge in [-0.2, -0.15) is 5.10 Å². The molecule has 24 heavy (non-hydrogen) atoms. The predicted octanol–water partition coefficient (Wildman–Crippen LogP) is 2.05. The fourth-order valence-corrected chi connectivity index (χ4v) is 2.72. The largest absolute Gasteiger partial charge is 0.469 e. The topological polar surface area (TPSA) is 86.1 Å². The maximum atomic E-state index is 12.5. The third-order valence-corrected chi connectivity index (χ3v) is 3.91. The zero-order valence-electron chi connectivity index (χ0n) is 14.7. The molecule has 0 fully saturated rings. The number of pyridine rings is 1. The molecule has 0 aliphatic heterocycles. The van der Waals surface area contributed by atoms with Crippen LogP contribution in [0.4, 0.5) is 0 Å². The molecular weight excluding hydrogens is 308 g/mol. The third kappa shape index (κ3) is 4.10. The first-order chi connectivity index (χ1) is 11.4. The van der Waals surface area contributed by atoms with Gasteiger partial charge in [0.1, 0.15) is 0 Å². The Balaban J connectivity index is 1.96. The molecule has 0 bridgehead atoms. The monoisotopic (exact) mass is 332 g/mol. The highest BCUT2D eigenvalue weighted by Crippen LogP contribution is 2.21. The second-order valence-electron chi connectivity index (χ2n) is 5.86. The summed E-state index contributed by atoms with van der Waals surface area (Å²) >= 11 is 0. The van der Waals surface area contributed by atoms with Crippen molar-refractivity contribution < 1.29 is 14.3 Å². The molecule has 0 unspecified atom stereocenters. The molecule has 2 aromatic rings.